The minimum atomic E-state index is -0.520. The number of nitrogens with zero attached hydrogens (tertiary/aromatic N) is 2. The van der Waals surface area contributed by atoms with Gasteiger partial charge in [-0.3, -0.25) is 5.10 Å². The molecular weight excluding hydrogens is 435 g/mol. The second-order valence-electron chi connectivity index (χ2n) is 7.14. The lowest BCUT2D eigenvalue weighted by Gasteiger charge is -2.29. The van der Waals surface area contributed by atoms with E-state index in [1.54, 1.807) is 6.20 Å². The average Bonchev–Trinajstić information content (AvgIpc) is 2.92. The molecule has 1 aromatic rings. The van der Waals surface area contributed by atoms with Gasteiger partial charge in [-0.15, -0.1) is 24.0 Å². The normalized spacial score (nSPS) is 12.2. The first-order chi connectivity index (χ1) is 11.1. The Morgan fingerprint density at radius 3 is 2.48 bits per heavy atom. The van der Waals surface area contributed by atoms with Crippen LogP contribution in [0.15, 0.2) is 17.3 Å². The smallest absolute Gasteiger partial charge is 0.408 e. The van der Waals surface area contributed by atoms with Crippen LogP contribution in [-0.2, 0) is 11.3 Å². The third kappa shape index (κ3) is 10.8. The van der Waals surface area contributed by atoms with Crippen molar-refractivity contribution in [2.45, 2.75) is 59.2 Å². The molecule has 25 heavy (non-hydrogen) atoms. The first kappa shape index (κ1) is 23.5. The average molecular weight is 466 g/mol. The number of ether oxygens (including phenoxy) is 1. The highest BCUT2D eigenvalue weighted by Gasteiger charge is 2.24. The molecule has 0 aromatic carbocycles. The molecule has 0 aliphatic heterocycles. The van der Waals surface area contributed by atoms with Crippen LogP contribution in [0.2, 0.25) is 0 Å². The number of hydrogen-bond donors (Lipinski definition) is 4. The van der Waals surface area contributed by atoms with E-state index in [4.69, 9.17) is 4.74 Å². The summed E-state index contributed by atoms with van der Waals surface area (Å²) in [6.07, 6.45) is 1.26. The highest BCUT2D eigenvalue weighted by atomic mass is 127. The Labute approximate surface area is 167 Å². The number of halogens is 1. The Morgan fingerprint density at radius 1 is 1.28 bits per heavy atom. The van der Waals surface area contributed by atoms with Gasteiger partial charge in [0.15, 0.2) is 5.96 Å². The molecule has 0 spiro atoms. The molecule has 1 heterocycles. The summed E-state index contributed by atoms with van der Waals surface area (Å²) >= 11 is 0. The van der Waals surface area contributed by atoms with Gasteiger partial charge < -0.3 is 20.7 Å². The fourth-order valence-corrected chi connectivity index (χ4v) is 1.81. The standard InChI is InChI=1S/C16H30N6O2.HI/c1-7-17-13(18-10-12-8-9-20-22-12)19-11-16(5,6)21-14(23)24-15(2,3)4;/h8-9H,7,10-11H2,1-6H3,(H,20,22)(H,21,23)(H2,17,18,19);1H. The molecule has 0 unspecified atom stereocenters. The number of aromatic amines is 1. The monoisotopic (exact) mass is 466 g/mol. The summed E-state index contributed by atoms with van der Waals surface area (Å²) in [5, 5.41) is 16.0. The number of aliphatic imine (C=N–C) groups is 1. The van der Waals surface area contributed by atoms with Crippen LogP contribution in [0.3, 0.4) is 0 Å². The third-order valence-corrected chi connectivity index (χ3v) is 2.85. The predicted octanol–water partition coefficient (Wildman–Crippen LogP) is 2.39. The molecule has 9 heteroatoms. The van der Waals surface area contributed by atoms with E-state index in [-0.39, 0.29) is 24.0 Å². The number of hydrogen-bond acceptors (Lipinski definition) is 4. The summed E-state index contributed by atoms with van der Waals surface area (Å²) in [4.78, 5) is 16.4. The van der Waals surface area contributed by atoms with Crippen molar-refractivity contribution < 1.29 is 9.53 Å². The number of amides is 1. The van der Waals surface area contributed by atoms with Crippen LogP contribution >= 0.6 is 24.0 Å². The number of guanidine groups is 1. The maximum absolute atomic E-state index is 11.9. The minimum Gasteiger partial charge on any atom is -0.444 e. The van der Waals surface area contributed by atoms with Crippen molar-refractivity contribution in [2.24, 2.45) is 4.99 Å². The Morgan fingerprint density at radius 2 is 1.96 bits per heavy atom. The van der Waals surface area contributed by atoms with Gasteiger partial charge in [0.25, 0.3) is 0 Å². The molecular formula is C16H31IN6O2. The lowest BCUT2D eigenvalue weighted by atomic mass is 10.1. The largest absolute Gasteiger partial charge is 0.444 e. The van der Waals surface area contributed by atoms with Crippen molar-refractivity contribution in [3.05, 3.63) is 18.0 Å². The molecule has 1 amide bonds. The molecule has 8 nitrogen and oxygen atoms in total. The number of rotatable bonds is 6. The van der Waals surface area contributed by atoms with Crippen molar-refractivity contribution >= 4 is 36.0 Å². The molecule has 1 aromatic heterocycles. The van der Waals surface area contributed by atoms with Crippen LogP contribution in [0.5, 0.6) is 0 Å². The Kier molecular flexibility index (Phi) is 9.83. The van der Waals surface area contributed by atoms with Gasteiger partial charge in [-0.25, -0.2) is 9.79 Å². The van der Waals surface area contributed by atoms with Gasteiger partial charge in [0.05, 0.1) is 17.8 Å². The number of carbonyl (C=O) groups is 1. The van der Waals surface area contributed by atoms with Gasteiger partial charge in [0.2, 0.25) is 0 Å². The molecule has 1 rings (SSSR count). The lowest BCUT2D eigenvalue weighted by Crippen LogP contribution is -2.54. The van der Waals surface area contributed by atoms with Gasteiger partial charge in [-0.1, -0.05) is 0 Å². The minimum absolute atomic E-state index is 0. The topological polar surface area (TPSA) is 103 Å². The maximum Gasteiger partial charge on any atom is 0.408 e. The van der Waals surface area contributed by atoms with Crippen molar-refractivity contribution in [3.8, 4) is 0 Å². The van der Waals surface area contributed by atoms with Crippen molar-refractivity contribution in [2.75, 3.05) is 13.1 Å². The maximum atomic E-state index is 11.9. The van der Waals surface area contributed by atoms with Gasteiger partial charge in [-0.2, -0.15) is 5.10 Å². The first-order valence-electron chi connectivity index (χ1n) is 8.13. The predicted molar refractivity (Wildman–Crippen MR) is 110 cm³/mol. The van der Waals surface area contributed by atoms with Gasteiger partial charge in [-0.05, 0) is 47.6 Å². The van der Waals surface area contributed by atoms with Crippen LogP contribution in [0.25, 0.3) is 0 Å². The van der Waals surface area contributed by atoms with Crippen LogP contribution in [0.1, 0.15) is 47.2 Å². The highest BCUT2D eigenvalue weighted by molar-refractivity contribution is 14.0. The highest BCUT2D eigenvalue weighted by Crippen LogP contribution is 2.09. The first-order valence-corrected chi connectivity index (χ1v) is 8.13. The third-order valence-electron chi connectivity index (χ3n) is 2.85. The molecule has 0 saturated heterocycles. The summed E-state index contributed by atoms with van der Waals surface area (Å²) in [7, 11) is 0. The zero-order valence-electron chi connectivity index (χ0n) is 15.9. The second kappa shape index (κ2) is 10.5. The quantitative estimate of drug-likeness (QED) is 0.293. The summed E-state index contributed by atoms with van der Waals surface area (Å²) in [6.45, 7) is 13.1. The van der Waals surface area contributed by atoms with Crippen molar-refractivity contribution in [3.63, 3.8) is 0 Å². The zero-order valence-corrected chi connectivity index (χ0v) is 18.2. The molecule has 0 radical (unpaired) electrons. The molecule has 0 saturated carbocycles. The van der Waals surface area contributed by atoms with E-state index in [1.165, 1.54) is 0 Å². The molecule has 0 aliphatic carbocycles. The van der Waals surface area contributed by atoms with Crippen LogP contribution in [-0.4, -0.2) is 46.5 Å². The molecule has 0 bridgehead atoms. The molecule has 0 fully saturated rings. The Balaban J connectivity index is 0.00000576. The summed E-state index contributed by atoms with van der Waals surface area (Å²) in [5.41, 5.74) is -0.0843. The van der Waals surface area contributed by atoms with E-state index in [2.05, 4.69) is 31.1 Å². The molecule has 144 valence electrons. The molecule has 0 aliphatic rings. The number of carbonyl (C=O) groups excluding carboxylic acids is 1. The van der Waals surface area contributed by atoms with Crippen LogP contribution in [0, 0.1) is 0 Å². The van der Waals surface area contributed by atoms with E-state index < -0.39 is 17.2 Å². The van der Waals surface area contributed by atoms with Gasteiger partial charge in [0, 0.05) is 19.3 Å². The molecule has 0 atom stereocenters. The zero-order chi connectivity index (χ0) is 18.2. The Hall–Kier alpha value is -1.52. The number of aromatic nitrogens is 2. The van der Waals surface area contributed by atoms with Crippen LogP contribution < -0.4 is 16.0 Å². The summed E-state index contributed by atoms with van der Waals surface area (Å²) in [5.74, 6) is 0.672. The van der Waals surface area contributed by atoms with Crippen molar-refractivity contribution in [1.82, 2.24) is 26.1 Å². The van der Waals surface area contributed by atoms with E-state index in [0.717, 1.165) is 12.2 Å². The van der Waals surface area contributed by atoms with Gasteiger partial charge in [0.1, 0.15) is 5.60 Å². The van der Waals surface area contributed by atoms with Crippen LogP contribution in [0.4, 0.5) is 4.79 Å². The van der Waals surface area contributed by atoms with Gasteiger partial charge >= 0.3 is 6.09 Å². The fraction of sp³-hybridized carbons (Fsp3) is 0.688. The number of H-pyrrole nitrogens is 1. The summed E-state index contributed by atoms with van der Waals surface area (Å²) < 4.78 is 5.29. The SMILES string of the molecule is CCNC(=NCc1ccn[nH]1)NCC(C)(C)NC(=O)OC(C)(C)C.I. The van der Waals surface area contributed by atoms with E-state index in [0.29, 0.717) is 19.0 Å². The second-order valence-corrected chi connectivity index (χ2v) is 7.14. The van der Waals surface area contributed by atoms with Crippen molar-refractivity contribution in [1.29, 1.82) is 0 Å². The van der Waals surface area contributed by atoms with E-state index in [9.17, 15) is 4.79 Å². The number of nitrogens with one attached hydrogen (secondary N) is 4. The Bertz CT molecular complexity index is 537. The fourth-order valence-electron chi connectivity index (χ4n) is 1.81. The number of alkyl carbamates (subject to hydrolysis) is 1. The van der Waals surface area contributed by atoms with E-state index >= 15 is 0 Å². The molecule has 4 N–H and O–H groups in total. The summed E-state index contributed by atoms with van der Waals surface area (Å²) in [6, 6.07) is 1.88. The van der Waals surface area contributed by atoms with E-state index in [1.807, 2.05) is 47.6 Å². The lowest BCUT2D eigenvalue weighted by molar-refractivity contribution is 0.0474.